The van der Waals surface area contributed by atoms with Gasteiger partial charge in [-0.3, -0.25) is 4.79 Å². The van der Waals surface area contributed by atoms with Crippen LogP contribution in [0.25, 0.3) is 22.6 Å². The highest BCUT2D eigenvalue weighted by Gasteiger charge is 2.28. The van der Waals surface area contributed by atoms with E-state index >= 15 is 0 Å². The predicted octanol–water partition coefficient (Wildman–Crippen LogP) is 4.27. The second-order valence-corrected chi connectivity index (χ2v) is 7.61. The van der Waals surface area contributed by atoms with Crippen LogP contribution in [0.15, 0.2) is 71.5 Å². The van der Waals surface area contributed by atoms with E-state index in [1.807, 2.05) is 73.7 Å². The Morgan fingerprint density at radius 2 is 1.69 bits per heavy atom. The summed E-state index contributed by atoms with van der Waals surface area (Å²) >= 11 is 0. The van der Waals surface area contributed by atoms with E-state index < -0.39 is 6.17 Å². The molecule has 0 radical (unpaired) electrons. The Balaban J connectivity index is 1.72. The Labute approximate surface area is 185 Å². The van der Waals surface area contributed by atoms with Gasteiger partial charge in [0.1, 0.15) is 6.17 Å². The summed E-state index contributed by atoms with van der Waals surface area (Å²) in [6.45, 7) is 2.00. The van der Waals surface area contributed by atoms with Crippen LogP contribution >= 0.6 is 0 Å². The molecule has 0 bridgehead atoms. The second-order valence-electron chi connectivity index (χ2n) is 7.61. The van der Waals surface area contributed by atoms with Crippen LogP contribution in [0.4, 0.5) is 5.69 Å². The van der Waals surface area contributed by atoms with Crippen molar-refractivity contribution in [1.29, 1.82) is 0 Å². The molecule has 1 aliphatic rings. The first-order valence-electron chi connectivity index (χ1n) is 10.2. The number of aromatic nitrogens is 3. The molecule has 1 atom stereocenters. The number of hydrogen-bond donors (Lipinski definition) is 1. The molecule has 0 fully saturated rings. The molecule has 0 amide bonds. The molecule has 1 aromatic heterocycles. The molecule has 0 spiro atoms. The third-order valence-corrected chi connectivity index (χ3v) is 5.59. The van der Waals surface area contributed by atoms with Crippen molar-refractivity contribution >= 4 is 5.69 Å². The van der Waals surface area contributed by atoms with Crippen LogP contribution in [-0.4, -0.2) is 29.0 Å². The fraction of sp³-hybridized carbons (Fsp3) is 0.160. The molecule has 7 heteroatoms. The van der Waals surface area contributed by atoms with Gasteiger partial charge in [0, 0.05) is 22.4 Å². The summed E-state index contributed by atoms with van der Waals surface area (Å²) in [5.74, 6) is 1.76. The van der Waals surface area contributed by atoms with E-state index in [4.69, 9.17) is 14.6 Å². The topological polar surface area (TPSA) is 78.3 Å². The van der Waals surface area contributed by atoms with Gasteiger partial charge >= 0.3 is 0 Å². The van der Waals surface area contributed by atoms with E-state index in [0.29, 0.717) is 23.0 Å². The van der Waals surface area contributed by atoms with Gasteiger partial charge < -0.3 is 14.8 Å². The lowest BCUT2D eigenvalue weighted by Gasteiger charge is -2.30. The van der Waals surface area contributed by atoms with Gasteiger partial charge in [-0.15, -0.1) is 0 Å². The smallest absolute Gasteiger partial charge is 0.300 e. The molecule has 7 nitrogen and oxygen atoms in total. The standard InChI is InChI=1S/C25H22N4O3/c1-15-8-10-16(11-9-15)22-25(30)27-24-18-6-4-5-7-19(18)26-23(29(24)28-22)17-12-13-20(31-2)21(14-17)32-3/h4-14,23,26H,1-3H3/t23-/m0/s1. The lowest BCUT2D eigenvalue weighted by Crippen LogP contribution is -2.32. The Morgan fingerprint density at radius 3 is 2.44 bits per heavy atom. The molecule has 0 saturated heterocycles. The summed E-state index contributed by atoms with van der Waals surface area (Å²) in [4.78, 5) is 17.4. The molecule has 5 rings (SSSR count). The predicted molar refractivity (Wildman–Crippen MR) is 123 cm³/mol. The highest BCUT2D eigenvalue weighted by atomic mass is 16.5. The summed E-state index contributed by atoms with van der Waals surface area (Å²) < 4.78 is 12.6. The van der Waals surface area contributed by atoms with E-state index in [1.165, 1.54) is 0 Å². The van der Waals surface area contributed by atoms with Crippen molar-refractivity contribution in [3.05, 3.63) is 88.2 Å². The minimum absolute atomic E-state index is 0.306. The number of fused-ring (bicyclic) bond motifs is 3. The zero-order valence-corrected chi connectivity index (χ0v) is 18.0. The van der Waals surface area contributed by atoms with Gasteiger partial charge in [-0.05, 0) is 31.2 Å². The fourth-order valence-electron chi connectivity index (χ4n) is 3.91. The van der Waals surface area contributed by atoms with Crippen molar-refractivity contribution in [2.75, 3.05) is 19.5 Å². The van der Waals surface area contributed by atoms with Gasteiger partial charge in [-0.25, -0.2) is 4.68 Å². The molecule has 2 heterocycles. The Bertz CT molecular complexity index is 1360. The van der Waals surface area contributed by atoms with Crippen molar-refractivity contribution in [3.8, 4) is 34.1 Å². The lowest BCUT2D eigenvalue weighted by atomic mass is 10.1. The number of nitrogens with zero attached hydrogens (tertiary/aromatic N) is 3. The Hall–Kier alpha value is -4.13. The van der Waals surface area contributed by atoms with Crippen LogP contribution in [0.3, 0.4) is 0 Å². The van der Waals surface area contributed by atoms with Crippen molar-refractivity contribution in [3.63, 3.8) is 0 Å². The molecule has 0 aliphatic carbocycles. The van der Waals surface area contributed by atoms with Crippen LogP contribution in [0, 0.1) is 6.92 Å². The van der Waals surface area contributed by atoms with E-state index in [9.17, 15) is 4.79 Å². The minimum atomic E-state index is -0.392. The number of benzene rings is 3. The van der Waals surface area contributed by atoms with Gasteiger partial charge in [0.2, 0.25) is 0 Å². The number of para-hydroxylation sites is 1. The number of aryl methyl sites for hydroxylation is 1. The fourth-order valence-corrected chi connectivity index (χ4v) is 3.91. The van der Waals surface area contributed by atoms with E-state index in [0.717, 1.165) is 27.9 Å². The largest absolute Gasteiger partial charge is 0.493 e. The van der Waals surface area contributed by atoms with Gasteiger partial charge in [0.05, 0.1) is 14.2 Å². The maximum absolute atomic E-state index is 13.0. The van der Waals surface area contributed by atoms with Crippen LogP contribution in [0.5, 0.6) is 11.5 Å². The second kappa shape index (κ2) is 7.85. The third kappa shape index (κ3) is 3.28. The number of nitrogens with one attached hydrogen (secondary N) is 1. The summed E-state index contributed by atoms with van der Waals surface area (Å²) in [6, 6.07) is 21.2. The van der Waals surface area contributed by atoms with Crippen molar-refractivity contribution in [2.45, 2.75) is 13.1 Å². The maximum Gasteiger partial charge on any atom is 0.300 e. The molecular formula is C25H22N4O3. The maximum atomic E-state index is 13.0. The molecule has 0 unspecified atom stereocenters. The molecular weight excluding hydrogens is 404 g/mol. The molecule has 0 saturated carbocycles. The van der Waals surface area contributed by atoms with E-state index in [2.05, 4.69) is 10.3 Å². The summed E-state index contributed by atoms with van der Waals surface area (Å²) in [6.07, 6.45) is -0.392. The first-order chi connectivity index (χ1) is 15.6. The van der Waals surface area contributed by atoms with Crippen molar-refractivity contribution in [1.82, 2.24) is 14.8 Å². The average molecular weight is 426 g/mol. The van der Waals surface area contributed by atoms with Gasteiger partial charge in [0.25, 0.3) is 5.56 Å². The molecule has 4 aromatic rings. The van der Waals surface area contributed by atoms with Crippen molar-refractivity contribution < 1.29 is 9.47 Å². The van der Waals surface area contributed by atoms with Crippen LogP contribution in [-0.2, 0) is 0 Å². The average Bonchev–Trinajstić information content (AvgIpc) is 2.83. The van der Waals surface area contributed by atoms with Gasteiger partial charge in [-0.1, -0.05) is 48.0 Å². The SMILES string of the molecule is COc1ccc([C@H]2Nc3ccccc3-c3nc(=O)c(-c4ccc(C)cc4)nn32)cc1OC. The number of ether oxygens (including phenoxy) is 2. The minimum Gasteiger partial charge on any atom is -0.493 e. The molecule has 1 aliphatic heterocycles. The van der Waals surface area contributed by atoms with Crippen LogP contribution < -0.4 is 20.3 Å². The summed E-state index contributed by atoms with van der Waals surface area (Å²) in [5, 5.41) is 8.30. The van der Waals surface area contributed by atoms with E-state index in [1.54, 1.807) is 18.9 Å². The quantitative estimate of drug-likeness (QED) is 0.525. The number of hydrogen-bond acceptors (Lipinski definition) is 6. The number of rotatable bonds is 4. The van der Waals surface area contributed by atoms with Gasteiger partial charge in [0.15, 0.2) is 23.0 Å². The molecule has 3 aromatic carbocycles. The Morgan fingerprint density at radius 1 is 0.938 bits per heavy atom. The highest BCUT2D eigenvalue weighted by Crippen LogP contribution is 2.38. The third-order valence-electron chi connectivity index (χ3n) is 5.59. The molecule has 32 heavy (non-hydrogen) atoms. The summed E-state index contributed by atoms with van der Waals surface area (Å²) in [5.41, 5.74) is 4.38. The first-order valence-corrected chi connectivity index (χ1v) is 10.2. The lowest BCUT2D eigenvalue weighted by molar-refractivity contribution is 0.354. The normalized spacial score (nSPS) is 14.2. The highest BCUT2D eigenvalue weighted by molar-refractivity contribution is 5.76. The van der Waals surface area contributed by atoms with Crippen LogP contribution in [0.1, 0.15) is 17.3 Å². The number of methoxy groups -OCH3 is 2. The monoisotopic (exact) mass is 426 g/mol. The number of anilines is 1. The first kappa shape index (κ1) is 19.8. The molecule has 1 N–H and O–H groups in total. The van der Waals surface area contributed by atoms with E-state index in [-0.39, 0.29) is 5.56 Å². The van der Waals surface area contributed by atoms with Crippen molar-refractivity contribution in [2.24, 2.45) is 0 Å². The van der Waals surface area contributed by atoms with Crippen LogP contribution in [0.2, 0.25) is 0 Å². The zero-order chi connectivity index (χ0) is 22.2. The zero-order valence-electron chi connectivity index (χ0n) is 18.0. The summed E-state index contributed by atoms with van der Waals surface area (Å²) in [7, 11) is 3.21. The Kier molecular flexibility index (Phi) is 4.86. The molecule has 160 valence electrons. The van der Waals surface area contributed by atoms with Gasteiger partial charge in [-0.2, -0.15) is 10.1 Å².